The lowest BCUT2D eigenvalue weighted by Crippen LogP contribution is -2.30. The molecule has 0 aliphatic carbocycles. The average Bonchev–Trinajstić information content (AvgIpc) is 3.21. The third kappa shape index (κ3) is 5.39. The predicted octanol–water partition coefficient (Wildman–Crippen LogP) is 4.27. The fourth-order valence-electron chi connectivity index (χ4n) is 2.78. The summed E-state index contributed by atoms with van der Waals surface area (Å²) in [7, 11) is 1.42. The number of hydrogen-bond acceptors (Lipinski definition) is 7. The van der Waals surface area contributed by atoms with Gasteiger partial charge in [0.2, 0.25) is 5.79 Å². The van der Waals surface area contributed by atoms with Gasteiger partial charge in [0, 0.05) is 45.2 Å². The van der Waals surface area contributed by atoms with Crippen LogP contribution in [0.4, 0.5) is 5.69 Å². The molecule has 1 N–H and O–H groups in total. The number of rotatable bonds is 8. The van der Waals surface area contributed by atoms with Gasteiger partial charge < -0.3 is 24.1 Å². The van der Waals surface area contributed by atoms with Gasteiger partial charge >= 0.3 is 5.97 Å². The molecule has 3 rings (SSSR count). The van der Waals surface area contributed by atoms with Crippen LogP contribution in [0.5, 0.6) is 11.5 Å². The Labute approximate surface area is 175 Å². The normalized spacial score (nSPS) is 13.8. The molecule has 7 heteroatoms. The number of fused-ring (bicyclic) bond motifs is 1. The van der Waals surface area contributed by atoms with Crippen LogP contribution in [0.25, 0.3) is 0 Å². The largest absolute Gasteiger partial charge is 0.515 e. The van der Waals surface area contributed by atoms with Gasteiger partial charge in [0.05, 0.1) is 18.6 Å². The maximum absolute atomic E-state index is 12.2. The molecule has 2 aromatic carbocycles. The molecule has 7 nitrogen and oxygen atoms in total. The van der Waals surface area contributed by atoms with Crippen LogP contribution in [0.1, 0.15) is 25.0 Å². The van der Waals surface area contributed by atoms with Gasteiger partial charge in [-0.05, 0) is 11.6 Å². The Hall–Kier alpha value is -3.32. The molecule has 0 fully saturated rings. The lowest BCUT2D eigenvalue weighted by Gasteiger charge is -2.22. The molecule has 0 saturated heterocycles. The minimum atomic E-state index is -1.12. The summed E-state index contributed by atoms with van der Waals surface area (Å²) in [5.41, 5.74) is 2.47. The van der Waals surface area contributed by atoms with Crippen molar-refractivity contribution in [2.24, 2.45) is 4.99 Å². The highest BCUT2D eigenvalue weighted by Crippen LogP contribution is 2.39. The van der Waals surface area contributed by atoms with E-state index in [-0.39, 0.29) is 5.57 Å². The number of methoxy groups -OCH3 is 1. The van der Waals surface area contributed by atoms with E-state index in [4.69, 9.17) is 18.9 Å². The second kappa shape index (κ2) is 9.45. The third-order valence-electron chi connectivity index (χ3n) is 4.53. The summed E-state index contributed by atoms with van der Waals surface area (Å²) in [5.74, 6) is -0.580. The van der Waals surface area contributed by atoms with Crippen molar-refractivity contribution in [1.82, 2.24) is 0 Å². The van der Waals surface area contributed by atoms with E-state index in [1.54, 1.807) is 19.9 Å². The van der Waals surface area contributed by atoms with Crippen molar-refractivity contribution < 1.29 is 28.8 Å². The van der Waals surface area contributed by atoms with Gasteiger partial charge in [-0.3, -0.25) is 4.99 Å². The van der Waals surface area contributed by atoms with Crippen molar-refractivity contribution in [3.63, 3.8) is 0 Å². The van der Waals surface area contributed by atoms with E-state index in [1.165, 1.54) is 13.3 Å². The molecule has 0 spiro atoms. The Morgan fingerprint density at radius 3 is 2.73 bits per heavy atom. The maximum atomic E-state index is 12.2. The summed E-state index contributed by atoms with van der Waals surface area (Å²) in [4.78, 5) is 16.5. The minimum Gasteiger partial charge on any atom is -0.515 e. The monoisotopic (exact) mass is 411 g/mol. The zero-order valence-corrected chi connectivity index (χ0v) is 17.3. The van der Waals surface area contributed by atoms with Gasteiger partial charge in [-0.15, -0.1) is 0 Å². The smallest absolute Gasteiger partial charge is 0.345 e. The molecular formula is C23H25NO6. The number of carbonyl (C=O) groups is 1. The first-order valence-corrected chi connectivity index (χ1v) is 9.55. The Kier molecular flexibility index (Phi) is 6.74. The van der Waals surface area contributed by atoms with E-state index in [0.29, 0.717) is 36.7 Å². The zero-order chi connectivity index (χ0) is 21.6. The average molecular weight is 411 g/mol. The number of hydrogen-bond donors (Lipinski definition) is 1. The van der Waals surface area contributed by atoms with Crippen molar-refractivity contribution in [1.29, 1.82) is 0 Å². The van der Waals surface area contributed by atoms with Crippen LogP contribution in [-0.4, -0.2) is 36.8 Å². The van der Waals surface area contributed by atoms with Crippen LogP contribution in [0.15, 0.2) is 59.3 Å². The molecule has 1 aliphatic rings. The summed E-state index contributed by atoms with van der Waals surface area (Å²) in [6.45, 7) is 4.15. The fourth-order valence-corrected chi connectivity index (χ4v) is 2.78. The molecule has 0 radical (unpaired) electrons. The predicted molar refractivity (Wildman–Crippen MR) is 112 cm³/mol. The summed E-state index contributed by atoms with van der Waals surface area (Å²) in [6.07, 6.45) is 2.64. The van der Waals surface area contributed by atoms with E-state index < -0.39 is 11.8 Å². The van der Waals surface area contributed by atoms with Crippen molar-refractivity contribution in [2.45, 2.75) is 32.7 Å². The Morgan fingerprint density at radius 1 is 1.27 bits per heavy atom. The molecule has 1 aliphatic heterocycles. The first-order chi connectivity index (χ1) is 14.4. The number of esters is 1. The number of ether oxygens (including phenoxy) is 4. The van der Waals surface area contributed by atoms with Crippen LogP contribution >= 0.6 is 0 Å². The van der Waals surface area contributed by atoms with Gasteiger partial charge in [-0.2, -0.15) is 0 Å². The third-order valence-corrected chi connectivity index (χ3v) is 4.53. The highest BCUT2D eigenvalue weighted by Gasteiger charge is 2.24. The van der Waals surface area contributed by atoms with Crippen molar-refractivity contribution in [2.75, 3.05) is 13.7 Å². The van der Waals surface area contributed by atoms with Gasteiger partial charge in [0.1, 0.15) is 12.2 Å². The van der Waals surface area contributed by atoms with E-state index >= 15 is 0 Å². The molecule has 0 amide bonds. The summed E-state index contributed by atoms with van der Waals surface area (Å²) in [5, 5.41) is 9.42. The molecular weight excluding hydrogens is 386 g/mol. The minimum absolute atomic E-state index is 0.108. The summed E-state index contributed by atoms with van der Waals surface area (Å²) >= 11 is 0. The lowest BCUT2D eigenvalue weighted by molar-refractivity contribution is -0.201. The molecule has 0 bridgehead atoms. The molecule has 0 atom stereocenters. The van der Waals surface area contributed by atoms with Crippen LogP contribution in [-0.2, 0) is 27.3 Å². The van der Waals surface area contributed by atoms with Crippen LogP contribution in [0, 0.1) is 0 Å². The second-order valence-electron chi connectivity index (χ2n) is 7.14. The van der Waals surface area contributed by atoms with Crippen molar-refractivity contribution in [3.8, 4) is 11.5 Å². The van der Waals surface area contributed by atoms with Gasteiger partial charge in [0.25, 0.3) is 0 Å². The number of aliphatic hydroxyl groups is 1. The first-order valence-electron chi connectivity index (χ1n) is 9.55. The molecule has 0 saturated carbocycles. The Morgan fingerprint density at radius 2 is 2.03 bits per heavy atom. The number of carbonyl (C=O) groups excluding carboxylic acids is 1. The summed E-state index contributed by atoms with van der Waals surface area (Å²) in [6, 6.07) is 13.4. The van der Waals surface area contributed by atoms with E-state index in [2.05, 4.69) is 4.99 Å². The lowest BCUT2D eigenvalue weighted by atomic mass is 10.1. The van der Waals surface area contributed by atoms with Crippen molar-refractivity contribution >= 4 is 17.9 Å². The summed E-state index contributed by atoms with van der Waals surface area (Å²) < 4.78 is 21.9. The SMILES string of the molecule is COC(C)(C)OC(=O)C(C=Nc1cc2c(c(OCc3ccccc3)c1)OCC2)=CO. The highest BCUT2D eigenvalue weighted by molar-refractivity contribution is 6.09. The van der Waals surface area contributed by atoms with E-state index in [1.807, 2.05) is 36.4 Å². The molecule has 1 heterocycles. The van der Waals surface area contributed by atoms with Crippen LogP contribution < -0.4 is 9.47 Å². The van der Waals surface area contributed by atoms with Crippen LogP contribution in [0.2, 0.25) is 0 Å². The molecule has 158 valence electrons. The standard InChI is InChI=1S/C23H25NO6/c1-23(2,27-3)30-22(26)18(14-25)13-24-19-11-17-9-10-28-21(17)20(12-19)29-15-16-7-5-4-6-8-16/h4-8,11-14,25H,9-10,15H2,1-3H3. The highest BCUT2D eigenvalue weighted by atomic mass is 16.7. The van der Waals surface area contributed by atoms with Crippen molar-refractivity contribution in [3.05, 3.63) is 65.4 Å². The molecule has 0 aromatic heterocycles. The molecule has 0 unspecified atom stereocenters. The van der Waals surface area contributed by atoms with Gasteiger partial charge in [-0.25, -0.2) is 4.79 Å². The topological polar surface area (TPSA) is 86.6 Å². The molecule has 2 aromatic rings. The first kappa shape index (κ1) is 21.4. The van der Waals surface area contributed by atoms with E-state index in [9.17, 15) is 9.90 Å². The molecule has 30 heavy (non-hydrogen) atoms. The van der Waals surface area contributed by atoms with Gasteiger partial charge in [0.15, 0.2) is 11.5 Å². The Balaban J connectivity index is 1.78. The Bertz CT molecular complexity index is 950. The second-order valence-corrected chi connectivity index (χ2v) is 7.14. The van der Waals surface area contributed by atoms with Crippen LogP contribution in [0.3, 0.4) is 0 Å². The van der Waals surface area contributed by atoms with E-state index in [0.717, 1.165) is 17.5 Å². The number of aliphatic imine (C=N–C) groups is 1. The quantitative estimate of drug-likeness (QED) is 0.230. The maximum Gasteiger partial charge on any atom is 0.345 e. The van der Waals surface area contributed by atoms with Gasteiger partial charge in [-0.1, -0.05) is 30.3 Å². The zero-order valence-electron chi connectivity index (χ0n) is 17.3. The number of benzene rings is 2. The fraction of sp³-hybridized carbons (Fsp3) is 0.304. The number of aliphatic hydroxyl groups excluding tert-OH is 1. The number of nitrogens with zero attached hydrogens (tertiary/aromatic N) is 1.